The number of hydrogen-bond donors (Lipinski definition) is 2. The number of ether oxygens (including phenoxy) is 1. The highest BCUT2D eigenvalue weighted by molar-refractivity contribution is 7.89. The van der Waals surface area contributed by atoms with E-state index in [9.17, 15) is 18.3 Å². The third-order valence-corrected chi connectivity index (χ3v) is 5.02. The Balaban J connectivity index is 2.53. The lowest BCUT2D eigenvalue weighted by molar-refractivity contribution is 0.0696. The zero-order chi connectivity index (χ0) is 17.7. The fourth-order valence-electron chi connectivity index (χ4n) is 2.09. The molecule has 0 heterocycles. The minimum absolute atomic E-state index is 0.0809. The van der Waals surface area contributed by atoms with Gasteiger partial charge in [0.25, 0.3) is 0 Å². The topological polar surface area (TPSA) is 92.7 Å². The molecule has 0 bridgehead atoms. The number of rotatable bonds is 7. The molecule has 24 heavy (non-hydrogen) atoms. The molecule has 0 saturated heterocycles. The summed E-state index contributed by atoms with van der Waals surface area (Å²) < 4.78 is 31.9. The molecule has 0 aliphatic heterocycles. The van der Waals surface area contributed by atoms with Crippen molar-refractivity contribution in [2.45, 2.75) is 4.90 Å². The molecule has 2 aromatic carbocycles. The Hall–Kier alpha value is -1.93. The maximum atomic E-state index is 12.4. The van der Waals surface area contributed by atoms with Crippen LogP contribution in [0.5, 0.6) is 0 Å². The fourth-order valence-corrected chi connectivity index (χ4v) is 3.42. The van der Waals surface area contributed by atoms with Gasteiger partial charge in [-0.05, 0) is 29.8 Å². The lowest BCUT2D eigenvalue weighted by Crippen LogP contribution is -2.27. The van der Waals surface area contributed by atoms with Gasteiger partial charge in [0.05, 0.1) is 17.1 Å². The summed E-state index contributed by atoms with van der Waals surface area (Å²) in [5.41, 5.74) is 0.822. The van der Waals surface area contributed by atoms with Crippen LogP contribution in [-0.4, -0.2) is 39.8 Å². The van der Waals surface area contributed by atoms with Crippen molar-refractivity contribution in [3.05, 3.63) is 53.1 Å². The summed E-state index contributed by atoms with van der Waals surface area (Å²) in [6.45, 7) is 0.285. The summed E-state index contributed by atoms with van der Waals surface area (Å²) >= 11 is 6.13. The summed E-state index contributed by atoms with van der Waals surface area (Å²) in [6, 6.07) is 10.7. The number of aromatic carboxylic acids is 1. The SMILES string of the molecule is COCCNS(=O)(=O)c1cc(C(=O)O)cc(-c2ccccc2Cl)c1. The highest BCUT2D eigenvalue weighted by Gasteiger charge is 2.18. The molecule has 8 heteroatoms. The molecule has 0 fully saturated rings. The maximum absolute atomic E-state index is 12.4. The van der Waals surface area contributed by atoms with E-state index < -0.39 is 16.0 Å². The van der Waals surface area contributed by atoms with Gasteiger partial charge in [-0.1, -0.05) is 29.8 Å². The van der Waals surface area contributed by atoms with Crippen LogP contribution < -0.4 is 4.72 Å². The van der Waals surface area contributed by atoms with Crippen LogP contribution in [0.25, 0.3) is 11.1 Å². The Kier molecular flexibility index (Phi) is 5.95. The number of halogens is 1. The van der Waals surface area contributed by atoms with Gasteiger partial charge in [-0.3, -0.25) is 0 Å². The van der Waals surface area contributed by atoms with Gasteiger partial charge in [-0.2, -0.15) is 0 Å². The molecule has 0 saturated carbocycles. The number of benzene rings is 2. The van der Waals surface area contributed by atoms with Crippen molar-refractivity contribution in [3.63, 3.8) is 0 Å². The molecule has 128 valence electrons. The number of sulfonamides is 1. The third-order valence-electron chi connectivity index (χ3n) is 3.25. The van der Waals surface area contributed by atoms with Crippen molar-refractivity contribution in [2.75, 3.05) is 20.3 Å². The summed E-state index contributed by atoms with van der Waals surface area (Å²) in [5.74, 6) is -1.22. The van der Waals surface area contributed by atoms with E-state index in [1.54, 1.807) is 24.3 Å². The molecule has 0 spiro atoms. The van der Waals surface area contributed by atoms with Gasteiger partial charge in [0.2, 0.25) is 10.0 Å². The lowest BCUT2D eigenvalue weighted by atomic mass is 10.0. The van der Waals surface area contributed by atoms with Gasteiger partial charge in [-0.15, -0.1) is 0 Å². The van der Waals surface area contributed by atoms with Gasteiger partial charge in [0.1, 0.15) is 0 Å². The second kappa shape index (κ2) is 7.76. The number of carboxylic acids is 1. The zero-order valence-electron chi connectivity index (χ0n) is 12.8. The first-order valence-corrected chi connectivity index (χ1v) is 8.83. The van der Waals surface area contributed by atoms with E-state index in [4.69, 9.17) is 16.3 Å². The second-order valence-corrected chi connectivity index (χ2v) is 7.10. The van der Waals surface area contributed by atoms with E-state index in [1.165, 1.54) is 19.2 Å². The average molecular weight is 370 g/mol. The van der Waals surface area contributed by atoms with Crippen LogP contribution in [0.15, 0.2) is 47.4 Å². The summed E-state index contributed by atoms with van der Waals surface area (Å²) in [4.78, 5) is 11.2. The first kappa shape index (κ1) is 18.4. The summed E-state index contributed by atoms with van der Waals surface area (Å²) in [7, 11) is -2.42. The molecule has 2 aromatic rings. The molecule has 0 radical (unpaired) electrons. The molecule has 2 N–H and O–H groups in total. The van der Waals surface area contributed by atoms with E-state index in [0.717, 1.165) is 6.07 Å². The number of nitrogens with one attached hydrogen (secondary N) is 1. The van der Waals surface area contributed by atoms with E-state index in [-0.39, 0.29) is 23.6 Å². The number of hydrogen-bond acceptors (Lipinski definition) is 4. The van der Waals surface area contributed by atoms with Crippen molar-refractivity contribution < 1.29 is 23.1 Å². The van der Waals surface area contributed by atoms with Crippen LogP contribution in [0.2, 0.25) is 5.02 Å². The van der Waals surface area contributed by atoms with E-state index in [2.05, 4.69) is 4.72 Å². The highest BCUT2D eigenvalue weighted by atomic mass is 35.5. The van der Waals surface area contributed by atoms with Crippen LogP contribution in [-0.2, 0) is 14.8 Å². The van der Waals surface area contributed by atoms with Crippen molar-refractivity contribution in [1.29, 1.82) is 0 Å². The Morgan fingerprint density at radius 3 is 2.58 bits per heavy atom. The number of carbonyl (C=O) groups is 1. The standard InChI is InChI=1S/C16H16ClNO5S/c1-23-7-6-18-24(21,22)13-9-11(8-12(10-13)16(19)20)14-4-2-3-5-15(14)17/h2-5,8-10,18H,6-7H2,1H3,(H,19,20). The first-order valence-electron chi connectivity index (χ1n) is 6.97. The second-order valence-electron chi connectivity index (χ2n) is 4.92. The average Bonchev–Trinajstić information content (AvgIpc) is 2.55. The predicted molar refractivity (Wildman–Crippen MR) is 90.9 cm³/mol. The molecule has 2 rings (SSSR count). The summed E-state index contributed by atoms with van der Waals surface area (Å²) in [5, 5.41) is 9.66. The molecule has 0 aliphatic rings. The van der Waals surface area contributed by atoms with Gasteiger partial charge in [-0.25, -0.2) is 17.9 Å². The predicted octanol–water partition coefficient (Wildman–Crippen LogP) is 2.63. The Morgan fingerprint density at radius 1 is 1.25 bits per heavy atom. The Morgan fingerprint density at radius 2 is 1.96 bits per heavy atom. The number of carboxylic acid groups (broad SMARTS) is 1. The summed E-state index contributed by atoms with van der Waals surface area (Å²) in [6.07, 6.45) is 0. The molecular weight excluding hydrogens is 354 g/mol. The van der Waals surface area contributed by atoms with E-state index in [1.807, 2.05) is 0 Å². The van der Waals surface area contributed by atoms with Crippen LogP contribution in [0.1, 0.15) is 10.4 Å². The van der Waals surface area contributed by atoms with Gasteiger partial charge >= 0.3 is 5.97 Å². The number of methoxy groups -OCH3 is 1. The van der Waals surface area contributed by atoms with Crippen molar-refractivity contribution in [3.8, 4) is 11.1 Å². The molecular formula is C16H16ClNO5S. The minimum Gasteiger partial charge on any atom is -0.478 e. The van der Waals surface area contributed by atoms with Gasteiger partial charge in [0.15, 0.2) is 0 Å². The van der Waals surface area contributed by atoms with Crippen LogP contribution in [0, 0.1) is 0 Å². The van der Waals surface area contributed by atoms with Crippen LogP contribution >= 0.6 is 11.6 Å². The smallest absolute Gasteiger partial charge is 0.335 e. The largest absolute Gasteiger partial charge is 0.478 e. The minimum atomic E-state index is -3.87. The zero-order valence-corrected chi connectivity index (χ0v) is 14.4. The highest BCUT2D eigenvalue weighted by Crippen LogP contribution is 2.30. The Bertz CT molecular complexity index is 851. The molecule has 0 amide bonds. The molecule has 0 aliphatic carbocycles. The third kappa shape index (κ3) is 4.33. The molecule has 0 unspecified atom stereocenters. The van der Waals surface area contributed by atoms with Crippen molar-refractivity contribution >= 4 is 27.6 Å². The lowest BCUT2D eigenvalue weighted by Gasteiger charge is -2.11. The molecule has 0 atom stereocenters. The quantitative estimate of drug-likeness (QED) is 0.732. The van der Waals surface area contributed by atoms with Crippen LogP contribution in [0.4, 0.5) is 0 Å². The maximum Gasteiger partial charge on any atom is 0.335 e. The monoisotopic (exact) mass is 369 g/mol. The van der Waals surface area contributed by atoms with Crippen molar-refractivity contribution in [2.24, 2.45) is 0 Å². The van der Waals surface area contributed by atoms with E-state index in [0.29, 0.717) is 16.1 Å². The van der Waals surface area contributed by atoms with Gasteiger partial charge in [0, 0.05) is 24.2 Å². The molecule has 6 nitrogen and oxygen atoms in total. The Labute approximate surface area is 145 Å². The van der Waals surface area contributed by atoms with Crippen LogP contribution in [0.3, 0.4) is 0 Å². The first-order chi connectivity index (χ1) is 11.3. The van der Waals surface area contributed by atoms with Crippen molar-refractivity contribution in [1.82, 2.24) is 4.72 Å². The van der Waals surface area contributed by atoms with Gasteiger partial charge < -0.3 is 9.84 Å². The normalized spacial score (nSPS) is 11.4. The van der Waals surface area contributed by atoms with E-state index >= 15 is 0 Å². The molecule has 0 aromatic heterocycles. The fraction of sp³-hybridized carbons (Fsp3) is 0.188.